The fourth-order valence-electron chi connectivity index (χ4n) is 2.43. The lowest BCUT2D eigenvalue weighted by molar-refractivity contribution is -0.129. The number of aromatic nitrogens is 1. The van der Waals surface area contributed by atoms with Gasteiger partial charge in [0.15, 0.2) is 11.5 Å². The van der Waals surface area contributed by atoms with E-state index in [1.807, 2.05) is 30.3 Å². The van der Waals surface area contributed by atoms with Crippen LogP contribution >= 0.6 is 11.3 Å². The Kier molecular flexibility index (Phi) is 4.02. The number of fused-ring (bicyclic) bond motifs is 2. The van der Waals surface area contributed by atoms with Gasteiger partial charge in [0.05, 0.1) is 17.3 Å². The molecule has 8 heteroatoms. The summed E-state index contributed by atoms with van der Waals surface area (Å²) < 4.78 is 17.4. The van der Waals surface area contributed by atoms with Crippen LogP contribution in [0.3, 0.4) is 0 Å². The van der Waals surface area contributed by atoms with Crippen molar-refractivity contribution in [2.24, 2.45) is 0 Å². The first-order valence-electron chi connectivity index (χ1n) is 7.62. The van der Waals surface area contributed by atoms with Gasteiger partial charge >= 0.3 is 0 Å². The molecular formula is C17H15N3O4S. The van der Waals surface area contributed by atoms with Crippen LogP contribution < -0.4 is 25.1 Å². The minimum atomic E-state index is -0.725. The van der Waals surface area contributed by atoms with Gasteiger partial charge in [-0.05, 0) is 30.3 Å². The highest BCUT2D eigenvalue weighted by Gasteiger charge is 2.27. The van der Waals surface area contributed by atoms with Crippen LogP contribution in [0.2, 0.25) is 0 Å². The number of hydrazine groups is 1. The van der Waals surface area contributed by atoms with Crippen LogP contribution in [-0.2, 0) is 4.79 Å². The van der Waals surface area contributed by atoms with Crippen molar-refractivity contribution in [3.8, 4) is 17.2 Å². The Morgan fingerprint density at radius 3 is 2.96 bits per heavy atom. The SMILES string of the molecule is COc1ccc2nc(NNC(=O)[C@H]3COc4ccccc4O3)sc2c1. The molecule has 2 heterocycles. The van der Waals surface area contributed by atoms with E-state index in [0.29, 0.717) is 16.6 Å². The number of carbonyl (C=O) groups is 1. The van der Waals surface area contributed by atoms with E-state index in [0.717, 1.165) is 16.0 Å². The Balaban J connectivity index is 1.40. The molecule has 25 heavy (non-hydrogen) atoms. The number of carbonyl (C=O) groups excluding carboxylic acids is 1. The van der Waals surface area contributed by atoms with Crippen molar-refractivity contribution >= 4 is 32.6 Å². The predicted molar refractivity (Wildman–Crippen MR) is 94.3 cm³/mol. The number of hydrogen-bond donors (Lipinski definition) is 2. The molecule has 0 saturated carbocycles. The topological polar surface area (TPSA) is 81.7 Å². The molecular weight excluding hydrogens is 342 g/mol. The zero-order valence-electron chi connectivity index (χ0n) is 13.3. The van der Waals surface area contributed by atoms with Crippen molar-refractivity contribution < 1.29 is 19.0 Å². The van der Waals surface area contributed by atoms with Crippen LogP contribution in [0.15, 0.2) is 42.5 Å². The maximum absolute atomic E-state index is 12.3. The molecule has 1 aromatic heterocycles. The van der Waals surface area contributed by atoms with Crippen molar-refractivity contribution in [3.63, 3.8) is 0 Å². The minimum Gasteiger partial charge on any atom is -0.497 e. The molecule has 2 aromatic carbocycles. The number of ether oxygens (including phenoxy) is 3. The molecule has 1 aliphatic heterocycles. The van der Waals surface area contributed by atoms with Gasteiger partial charge in [-0.15, -0.1) is 0 Å². The monoisotopic (exact) mass is 357 g/mol. The van der Waals surface area contributed by atoms with E-state index >= 15 is 0 Å². The number of nitrogens with zero attached hydrogens (tertiary/aromatic N) is 1. The van der Waals surface area contributed by atoms with E-state index in [-0.39, 0.29) is 12.5 Å². The second-order valence-electron chi connectivity index (χ2n) is 5.33. The highest BCUT2D eigenvalue weighted by atomic mass is 32.1. The van der Waals surface area contributed by atoms with Crippen LogP contribution in [0.25, 0.3) is 10.2 Å². The predicted octanol–water partition coefficient (Wildman–Crippen LogP) is 2.59. The van der Waals surface area contributed by atoms with Gasteiger partial charge < -0.3 is 14.2 Å². The van der Waals surface area contributed by atoms with Crippen LogP contribution in [0.5, 0.6) is 17.2 Å². The molecule has 0 saturated heterocycles. The van der Waals surface area contributed by atoms with Gasteiger partial charge in [0.25, 0.3) is 5.91 Å². The van der Waals surface area contributed by atoms with Gasteiger partial charge in [0.1, 0.15) is 12.4 Å². The lowest BCUT2D eigenvalue weighted by atomic mass is 10.2. The summed E-state index contributed by atoms with van der Waals surface area (Å²) in [6.07, 6.45) is -0.725. The second-order valence-corrected chi connectivity index (χ2v) is 6.36. The molecule has 0 radical (unpaired) electrons. The smallest absolute Gasteiger partial charge is 0.283 e. The van der Waals surface area contributed by atoms with Crippen LogP contribution in [0.4, 0.5) is 5.13 Å². The van der Waals surface area contributed by atoms with E-state index in [2.05, 4.69) is 15.8 Å². The number of para-hydroxylation sites is 2. The summed E-state index contributed by atoms with van der Waals surface area (Å²) in [5.41, 5.74) is 6.26. The molecule has 1 atom stereocenters. The highest BCUT2D eigenvalue weighted by Crippen LogP contribution is 2.31. The molecule has 0 unspecified atom stereocenters. The maximum Gasteiger partial charge on any atom is 0.283 e. The molecule has 2 N–H and O–H groups in total. The first-order valence-corrected chi connectivity index (χ1v) is 8.43. The van der Waals surface area contributed by atoms with Gasteiger partial charge in [0.2, 0.25) is 11.2 Å². The van der Waals surface area contributed by atoms with Crippen LogP contribution in [0, 0.1) is 0 Å². The zero-order chi connectivity index (χ0) is 17.2. The number of nitrogens with one attached hydrogen (secondary N) is 2. The molecule has 0 aliphatic carbocycles. The number of rotatable bonds is 4. The third kappa shape index (κ3) is 3.16. The summed E-state index contributed by atoms with van der Waals surface area (Å²) in [5, 5.41) is 0.578. The van der Waals surface area contributed by atoms with Crippen molar-refractivity contribution in [1.29, 1.82) is 0 Å². The number of hydrogen-bond acceptors (Lipinski definition) is 7. The van der Waals surface area contributed by atoms with Gasteiger partial charge in [-0.25, -0.2) is 4.98 Å². The Morgan fingerprint density at radius 1 is 1.28 bits per heavy atom. The molecule has 1 aliphatic rings. The van der Waals surface area contributed by atoms with Crippen molar-refractivity contribution in [2.45, 2.75) is 6.10 Å². The standard InChI is InChI=1S/C17H15N3O4S/c1-22-10-6-7-11-15(8-10)25-17(18-11)20-19-16(21)14-9-23-12-4-2-3-5-13(12)24-14/h2-8,14H,9H2,1H3,(H,18,20)(H,19,21)/t14-/m1/s1. The lowest BCUT2D eigenvalue weighted by Gasteiger charge is -2.25. The van der Waals surface area contributed by atoms with E-state index in [9.17, 15) is 4.79 Å². The molecule has 1 amide bonds. The van der Waals surface area contributed by atoms with E-state index < -0.39 is 6.10 Å². The first-order chi connectivity index (χ1) is 12.2. The largest absolute Gasteiger partial charge is 0.497 e. The van der Waals surface area contributed by atoms with Gasteiger partial charge in [-0.1, -0.05) is 23.5 Å². The average molecular weight is 357 g/mol. The van der Waals surface area contributed by atoms with Crippen LogP contribution in [-0.4, -0.2) is 30.7 Å². The summed E-state index contributed by atoms with van der Waals surface area (Å²) in [6.45, 7) is 0.154. The van der Waals surface area contributed by atoms with Gasteiger partial charge in [0, 0.05) is 0 Å². The van der Waals surface area contributed by atoms with Crippen LogP contribution in [0.1, 0.15) is 0 Å². The average Bonchev–Trinajstić information content (AvgIpc) is 3.07. The summed E-state index contributed by atoms with van der Waals surface area (Å²) >= 11 is 1.42. The summed E-state index contributed by atoms with van der Waals surface area (Å²) in [6, 6.07) is 12.9. The molecule has 128 valence electrons. The Labute approximate surface area is 147 Å². The maximum atomic E-state index is 12.3. The normalized spacial score (nSPS) is 15.6. The number of methoxy groups -OCH3 is 1. The summed E-state index contributed by atoms with van der Waals surface area (Å²) in [4.78, 5) is 16.7. The molecule has 0 bridgehead atoms. The van der Waals surface area contributed by atoms with Crippen molar-refractivity contribution in [2.75, 3.05) is 19.1 Å². The number of benzene rings is 2. The van der Waals surface area contributed by atoms with Crippen molar-refractivity contribution in [1.82, 2.24) is 10.4 Å². The minimum absolute atomic E-state index is 0.154. The van der Waals surface area contributed by atoms with Crippen molar-refractivity contribution in [3.05, 3.63) is 42.5 Å². The second kappa shape index (κ2) is 6.48. The molecule has 0 spiro atoms. The number of amides is 1. The third-order valence-corrected chi connectivity index (χ3v) is 4.62. The Bertz CT molecular complexity index is 927. The summed E-state index contributed by atoms with van der Waals surface area (Å²) in [5.74, 6) is 1.63. The van der Waals surface area contributed by atoms with Gasteiger partial charge in [-0.3, -0.25) is 15.6 Å². The van der Waals surface area contributed by atoms with E-state index in [1.165, 1.54) is 11.3 Å². The lowest BCUT2D eigenvalue weighted by Crippen LogP contribution is -2.45. The fraction of sp³-hybridized carbons (Fsp3) is 0.176. The molecule has 4 rings (SSSR count). The Morgan fingerprint density at radius 2 is 2.12 bits per heavy atom. The van der Waals surface area contributed by atoms with Gasteiger partial charge in [-0.2, -0.15) is 0 Å². The molecule has 0 fully saturated rings. The zero-order valence-corrected chi connectivity index (χ0v) is 14.1. The Hall–Kier alpha value is -3.00. The van der Waals surface area contributed by atoms with E-state index in [1.54, 1.807) is 19.2 Å². The molecule has 7 nitrogen and oxygen atoms in total. The first kappa shape index (κ1) is 15.5. The third-order valence-electron chi connectivity index (χ3n) is 3.69. The fourth-order valence-corrected chi connectivity index (χ4v) is 3.28. The number of thiazole rings is 1. The number of anilines is 1. The summed E-state index contributed by atoms with van der Waals surface area (Å²) in [7, 11) is 1.62. The quantitative estimate of drug-likeness (QED) is 0.699. The molecule has 3 aromatic rings. The highest BCUT2D eigenvalue weighted by molar-refractivity contribution is 7.22. The van der Waals surface area contributed by atoms with E-state index in [4.69, 9.17) is 14.2 Å².